The molecule has 0 fully saturated rings. The lowest BCUT2D eigenvalue weighted by Crippen LogP contribution is -2.50. The Balaban J connectivity index is 3.89. The molecule has 3 N–H and O–H groups in total. The maximum atomic E-state index is 11.7. The molecule has 0 aromatic rings. The number of amides is 2. The highest BCUT2D eigenvalue weighted by Crippen LogP contribution is 2.19. The smallest absolute Gasteiger partial charge is 0.315 e. The van der Waals surface area contributed by atoms with E-state index in [2.05, 4.69) is 31.4 Å². The van der Waals surface area contributed by atoms with E-state index in [9.17, 15) is 4.79 Å². The third-order valence-electron chi connectivity index (χ3n) is 3.25. The molecule has 0 rings (SSSR count). The van der Waals surface area contributed by atoms with Gasteiger partial charge in [-0.1, -0.05) is 27.7 Å². The van der Waals surface area contributed by atoms with Crippen LogP contribution in [0.15, 0.2) is 0 Å². The minimum absolute atomic E-state index is 0.0919. The van der Waals surface area contributed by atoms with Crippen molar-refractivity contribution in [3.8, 4) is 0 Å². The summed E-state index contributed by atoms with van der Waals surface area (Å²) in [5.41, 5.74) is -0.00413. The Morgan fingerprint density at radius 1 is 1.17 bits per heavy atom. The molecule has 0 aromatic heterocycles. The predicted molar refractivity (Wildman–Crippen MR) is 75.6 cm³/mol. The lowest BCUT2D eigenvalue weighted by Gasteiger charge is -2.29. The molecular weight excluding hydrogens is 228 g/mol. The monoisotopic (exact) mass is 258 g/mol. The van der Waals surface area contributed by atoms with Crippen molar-refractivity contribution < 1.29 is 9.90 Å². The first kappa shape index (κ1) is 17.2. The minimum Gasteiger partial charge on any atom is -0.396 e. The molecule has 4 heteroatoms. The van der Waals surface area contributed by atoms with Crippen molar-refractivity contribution >= 4 is 6.03 Å². The van der Waals surface area contributed by atoms with Crippen LogP contribution in [0, 0.1) is 5.41 Å². The highest BCUT2D eigenvalue weighted by atomic mass is 16.3. The molecule has 1 atom stereocenters. The molecule has 0 aromatic carbocycles. The van der Waals surface area contributed by atoms with E-state index in [1.54, 1.807) is 0 Å². The number of hydrogen-bond donors (Lipinski definition) is 3. The third kappa shape index (κ3) is 8.34. The predicted octanol–water partition coefficient (Wildman–Crippen LogP) is 2.66. The molecule has 2 amide bonds. The van der Waals surface area contributed by atoms with Crippen molar-refractivity contribution in [1.29, 1.82) is 0 Å². The normalized spacial score (nSPS) is 15.0. The summed E-state index contributed by atoms with van der Waals surface area (Å²) in [7, 11) is 0. The first-order chi connectivity index (χ1) is 8.22. The summed E-state index contributed by atoms with van der Waals surface area (Å²) < 4.78 is 0. The van der Waals surface area contributed by atoms with Crippen LogP contribution in [0.2, 0.25) is 0 Å². The van der Waals surface area contributed by atoms with Gasteiger partial charge in [-0.05, 0) is 38.0 Å². The van der Waals surface area contributed by atoms with E-state index in [4.69, 9.17) is 5.11 Å². The van der Waals surface area contributed by atoms with Crippen LogP contribution < -0.4 is 10.6 Å². The Morgan fingerprint density at radius 3 is 2.22 bits per heavy atom. The first-order valence-corrected chi connectivity index (χ1v) is 6.89. The molecule has 0 aliphatic rings. The maximum absolute atomic E-state index is 11.7. The molecule has 0 saturated heterocycles. The molecule has 0 saturated carbocycles. The number of nitrogens with one attached hydrogen (secondary N) is 2. The minimum atomic E-state index is -0.317. The van der Waals surface area contributed by atoms with Gasteiger partial charge in [-0.3, -0.25) is 0 Å². The zero-order valence-electron chi connectivity index (χ0n) is 12.6. The number of hydrogen-bond acceptors (Lipinski definition) is 2. The van der Waals surface area contributed by atoms with E-state index in [-0.39, 0.29) is 18.2 Å². The van der Waals surface area contributed by atoms with E-state index >= 15 is 0 Å². The van der Waals surface area contributed by atoms with Crippen LogP contribution in [0.4, 0.5) is 4.79 Å². The van der Waals surface area contributed by atoms with Crippen LogP contribution in [-0.2, 0) is 0 Å². The quantitative estimate of drug-likeness (QED) is 0.615. The average Bonchev–Trinajstić information content (AvgIpc) is 2.23. The van der Waals surface area contributed by atoms with Gasteiger partial charge >= 0.3 is 6.03 Å². The number of rotatable bonds is 7. The van der Waals surface area contributed by atoms with Gasteiger partial charge in [-0.15, -0.1) is 0 Å². The van der Waals surface area contributed by atoms with Crippen LogP contribution in [-0.4, -0.2) is 29.8 Å². The lowest BCUT2D eigenvalue weighted by molar-refractivity contribution is 0.200. The van der Waals surface area contributed by atoms with E-state index in [1.807, 2.05) is 13.8 Å². The highest BCUT2D eigenvalue weighted by Gasteiger charge is 2.23. The molecule has 108 valence electrons. The van der Waals surface area contributed by atoms with E-state index in [1.165, 1.54) is 0 Å². The van der Waals surface area contributed by atoms with Crippen LogP contribution in [0.25, 0.3) is 0 Å². The number of aliphatic hydroxyl groups excluding tert-OH is 1. The molecule has 0 heterocycles. The number of urea groups is 1. The third-order valence-corrected chi connectivity index (χ3v) is 3.25. The topological polar surface area (TPSA) is 61.4 Å². The Morgan fingerprint density at radius 2 is 1.78 bits per heavy atom. The summed E-state index contributed by atoms with van der Waals surface area (Å²) in [5.74, 6) is 0. The molecule has 0 aliphatic heterocycles. The van der Waals surface area contributed by atoms with Crippen LogP contribution >= 0.6 is 0 Å². The van der Waals surface area contributed by atoms with Gasteiger partial charge in [0.2, 0.25) is 0 Å². The van der Waals surface area contributed by atoms with E-state index < -0.39 is 0 Å². The summed E-state index contributed by atoms with van der Waals surface area (Å²) in [6.07, 6.45) is 3.47. The summed E-state index contributed by atoms with van der Waals surface area (Å²) >= 11 is 0. The SMILES string of the molecule is CCC(C)(CCO)NC(=O)NCCCC(C)(C)C. The largest absolute Gasteiger partial charge is 0.396 e. The molecule has 0 bridgehead atoms. The summed E-state index contributed by atoms with van der Waals surface area (Å²) in [4.78, 5) is 11.7. The molecule has 0 aliphatic carbocycles. The number of carbonyl (C=O) groups is 1. The Bertz CT molecular complexity index is 249. The summed E-state index contributed by atoms with van der Waals surface area (Å²) in [5, 5.41) is 14.8. The maximum Gasteiger partial charge on any atom is 0.315 e. The van der Waals surface area contributed by atoms with Crippen molar-refractivity contribution in [3.05, 3.63) is 0 Å². The molecule has 18 heavy (non-hydrogen) atoms. The van der Waals surface area contributed by atoms with E-state index in [0.717, 1.165) is 19.3 Å². The van der Waals surface area contributed by atoms with Gasteiger partial charge in [0.1, 0.15) is 0 Å². The van der Waals surface area contributed by atoms with Crippen LogP contribution in [0.3, 0.4) is 0 Å². The standard InChI is InChI=1S/C14H30N2O2/c1-6-14(5,9-11-17)16-12(18)15-10-7-8-13(2,3)4/h17H,6-11H2,1-5H3,(H2,15,16,18). The van der Waals surface area contributed by atoms with Gasteiger partial charge in [0.25, 0.3) is 0 Å². The van der Waals surface area contributed by atoms with Gasteiger partial charge in [-0.2, -0.15) is 0 Å². The molecule has 4 nitrogen and oxygen atoms in total. The van der Waals surface area contributed by atoms with Crippen molar-refractivity contribution in [2.75, 3.05) is 13.2 Å². The van der Waals surface area contributed by atoms with Crippen molar-refractivity contribution in [2.24, 2.45) is 5.41 Å². The second kappa shape index (κ2) is 7.62. The summed E-state index contributed by atoms with van der Waals surface area (Å²) in [6.45, 7) is 11.3. The number of carbonyl (C=O) groups excluding carboxylic acids is 1. The summed E-state index contributed by atoms with van der Waals surface area (Å²) in [6, 6.07) is -0.137. The fourth-order valence-electron chi connectivity index (χ4n) is 1.71. The second-order valence-corrected chi connectivity index (χ2v) is 6.43. The van der Waals surface area contributed by atoms with Crippen molar-refractivity contribution in [3.63, 3.8) is 0 Å². The fraction of sp³-hybridized carbons (Fsp3) is 0.929. The second-order valence-electron chi connectivity index (χ2n) is 6.43. The van der Waals surface area contributed by atoms with Gasteiger partial charge in [-0.25, -0.2) is 4.79 Å². The molecule has 0 radical (unpaired) electrons. The Kier molecular flexibility index (Phi) is 7.29. The Hall–Kier alpha value is -0.770. The highest BCUT2D eigenvalue weighted by molar-refractivity contribution is 5.74. The first-order valence-electron chi connectivity index (χ1n) is 6.89. The zero-order chi connectivity index (χ0) is 14.2. The van der Waals surface area contributed by atoms with Gasteiger partial charge in [0.15, 0.2) is 0 Å². The lowest BCUT2D eigenvalue weighted by atomic mass is 9.91. The van der Waals surface area contributed by atoms with Crippen molar-refractivity contribution in [1.82, 2.24) is 10.6 Å². The zero-order valence-corrected chi connectivity index (χ0v) is 12.6. The number of aliphatic hydroxyl groups is 1. The van der Waals surface area contributed by atoms with Crippen LogP contribution in [0.5, 0.6) is 0 Å². The molecule has 0 spiro atoms. The van der Waals surface area contributed by atoms with Gasteiger partial charge in [0.05, 0.1) is 0 Å². The average molecular weight is 258 g/mol. The van der Waals surface area contributed by atoms with Gasteiger partial charge < -0.3 is 15.7 Å². The molecule has 1 unspecified atom stereocenters. The Labute approximate surface area is 112 Å². The fourth-order valence-corrected chi connectivity index (χ4v) is 1.71. The van der Waals surface area contributed by atoms with E-state index in [0.29, 0.717) is 18.4 Å². The van der Waals surface area contributed by atoms with Gasteiger partial charge in [0, 0.05) is 18.7 Å². The molecular formula is C14H30N2O2. The van der Waals surface area contributed by atoms with Crippen LogP contribution in [0.1, 0.15) is 60.3 Å². The van der Waals surface area contributed by atoms with Crippen molar-refractivity contribution in [2.45, 2.75) is 65.8 Å².